The van der Waals surface area contributed by atoms with Gasteiger partial charge in [-0.25, -0.2) is 13.8 Å². The van der Waals surface area contributed by atoms with Crippen molar-refractivity contribution < 1.29 is 13.2 Å². The number of benzene rings is 2. The third-order valence-electron chi connectivity index (χ3n) is 4.73. The van der Waals surface area contributed by atoms with Crippen LogP contribution in [0.4, 0.5) is 5.69 Å². The molecule has 28 heavy (non-hydrogen) atoms. The summed E-state index contributed by atoms with van der Waals surface area (Å²) in [7, 11) is -3.43. The van der Waals surface area contributed by atoms with E-state index < -0.39 is 10.0 Å². The van der Waals surface area contributed by atoms with E-state index in [4.69, 9.17) is 0 Å². The van der Waals surface area contributed by atoms with Gasteiger partial charge in [0, 0.05) is 11.3 Å². The van der Waals surface area contributed by atoms with Crippen LogP contribution >= 0.6 is 0 Å². The number of hydrogen-bond donors (Lipinski definition) is 1. The fourth-order valence-corrected chi connectivity index (χ4v) is 4.08. The van der Waals surface area contributed by atoms with Crippen molar-refractivity contribution >= 4 is 27.3 Å². The Morgan fingerprint density at radius 1 is 1.00 bits per heavy atom. The molecule has 3 rings (SSSR count). The highest BCUT2D eigenvalue weighted by Gasteiger charge is 2.18. The second-order valence-corrected chi connectivity index (χ2v) is 8.89. The van der Waals surface area contributed by atoms with Gasteiger partial charge in [0.05, 0.1) is 18.5 Å². The van der Waals surface area contributed by atoms with Crippen LogP contribution in [0.2, 0.25) is 0 Å². The van der Waals surface area contributed by atoms with E-state index >= 15 is 0 Å². The van der Waals surface area contributed by atoms with Crippen molar-refractivity contribution in [1.29, 1.82) is 0 Å². The van der Waals surface area contributed by atoms with Crippen LogP contribution in [0.5, 0.6) is 0 Å². The summed E-state index contributed by atoms with van der Waals surface area (Å²) in [5.41, 5.74) is 5.56. The average molecular weight is 400 g/mol. The Hall–Kier alpha value is -2.67. The molecule has 0 aromatic heterocycles. The number of anilines is 1. The molecule has 0 saturated heterocycles. The summed E-state index contributed by atoms with van der Waals surface area (Å²) in [5.74, 6) is -0.257. The predicted octanol–water partition coefficient (Wildman–Crippen LogP) is 3.70. The molecule has 0 bridgehead atoms. The molecule has 0 spiro atoms. The summed E-state index contributed by atoms with van der Waals surface area (Å²) in [6, 6.07) is 15.9. The fraction of sp³-hybridized carbons (Fsp3) is 0.333. The minimum Gasteiger partial charge on any atom is -0.267 e. The van der Waals surface area contributed by atoms with Gasteiger partial charge < -0.3 is 0 Å². The number of para-hydroxylation sites is 1. The summed E-state index contributed by atoms with van der Waals surface area (Å²) in [6.07, 6.45) is 6.55. The Labute approximate surface area is 166 Å². The smallest absolute Gasteiger partial charge is 0.267 e. The molecule has 0 heterocycles. The Bertz CT molecular complexity index is 931. The molecule has 1 fully saturated rings. The fourth-order valence-electron chi connectivity index (χ4n) is 3.19. The summed E-state index contributed by atoms with van der Waals surface area (Å²) in [4.78, 5) is 12.3. The SMILES string of the molecule is CS(=O)(=O)N(Cc1ccc(C(=O)NN=C2CCCCC2)cc1)c1ccccc1. The highest BCUT2D eigenvalue weighted by molar-refractivity contribution is 7.92. The molecule has 6 nitrogen and oxygen atoms in total. The molecule has 2 aromatic rings. The zero-order valence-electron chi connectivity index (χ0n) is 16.0. The predicted molar refractivity (Wildman–Crippen MR) is 112 cm³/mol. The number of nitrogens with zero attached hydrogens (tertiary/aromatic N) is 2. The normalized spacial score (nSPS) is 14.4. The first-order chi connectivity index (χ1) is 13.4. The molecule has 0 unspecified atom stereocenters. The van der Waals surface area contributed by atoms with Gasteiger partial charge in [-0.1, -0.05) is 36.8 Å². The second kappa shape index (κ2) is 9.01. The van der Waals surface area contributed by atoms with Crippen molar-refractivity contribution in [2.24, 2.45) is 5.10 Å². The third kappa shape index (κ3) is 5.42. The van der Waals surface area contributed by atoms with Crippen LogP contribution in [-0.4, -0.2) is 26.3 Å². The number of carbonyl (C=O) groups excluding carboxylic acids is 1. The summed E-state index contributed by atoms with van der Waals surface area (Å²) in [5, 5.41) is 4.23. The maximum atomic E-state index is 12.3. The number of rotatable bonds is 6. The van der Waals surface area contributed by atoms with Crippen molar-refractivity contribution in [1.82, 2.24) is 5.43 Å². The number of hydrazone groups is 1. The van der Waals surface area contributed by atoms with Gasteiger partial charge in [-0.2, -0.15) is 5.10 Å². The van der Waals surface area contributed by atoms with Gasteiger partial charge in [0.1, 0.15) is 0 Å². The molecule has 1 aliphatic rings. The molecular weight excluding hydrogens is 374 g/mol. The lowest BCUT2D eigenvalue weighted by Gasteiger charge is -2.22. The average Bonchev–Trinajstić information content (AvgIpc) is 2.71. The van der Waals surface area contributed by atoms with Gasteiger partial charge in [0.25, 0.3) is 5.91 Å². The van der Waals surface area contributed by atoms with Gasteiger partial charge in [0.2, 0.25) is 10.0 Å². The number of hydrogen-bond acceptors (Lipinski definition) is 4. The highest BCUT2D eigenvalue weighted by atomic mass is 32.2. The zero-order chi connectivity index (χ0) is 20.0. The van der Waals surface area contributed by atoms with Gasteiger partial charge in [-0.15, -0.1) is 0 Å². The summed E-state index contributed by atoms with van der Waals surface area (Å²) < 4.78 is 25.7. The first kappa shape index (κ1) is 20.1. The molecule has 1 amide bonds. The van der Waals surface area contributed by atoms with Gasteiger partial charge in [-0.05, 0) is 55.5 Å². The molecule has 1 saturated carbocycles. The number of carbonyl (C=O) groups is 1. The van der Waals surface area contributed by atoms with E-state index in [0.29, 0.717) is 11.3 Å². The molecule has 7 heteroatoms. The van der Waals surface area contributed by atoms with Crippen molar-refractivity contribution in [3.63, 3.8) is 0 Å². The van der Waals surface area contributed by atoms with Crippen LogP contribution in [0.1, 0.15) is 48.0 Å². The molecule has 2 aromatic carbocycles. The van der Waals surface area contributed by atoms with Crippen molar-refractivity contribution in [3.05, 3.63) is 65.7 Å². The minimum atomic E-state index is -3.43. The summed E-state index contributed by atoms with van der Waals surface area (Å²) >= 11 is 0. The van der Waals surface area contributed by atoms with Crippen LogP contribution in [0.15, 0.2) is 59.7 Å². The van der Waals surface area contributed by atoms with Gasteiger partial charge in [0.15, 0.2) is 0 Å². The van der Waals surface area contributed by atoms with Crippen LogP contribution in [0.3, 0.4) is 0 Å². The van der Waals surface area contributed by atoms with E-state index in [9.17, 15) is 13.2 Å². The van der Waals surface area contributed by atoms with E-state index in [-0.39, 0.29) is 12.5 Å². The highest BCUT2D eigenvalue weighted by Crippen LogP contribution is 2.20. The number of sulfonamides is 1. The monoisotopic (exact) mass is 399 g/mol. The standard InChI is InChI=1S/C21H25N3O3S/c1-28(26,27)24(20-10-6-3-7-11-20)16-17-12-14-18(15-13-17)21(25)23-22-19-8-4-2-5-9-19/h3,6-7,10-15H,2,4-5,8-9,16H2,1H3,(H,23,25). The Morgan fingerprint density at radius 2 is 1.64 bits per heavy atom. The van der Waals surface area contributed by atoms with E-state index in [1.54, 1.807) is 48.5 Å². The number of amides is 1. The Kier molecular flexibility index (Phi) is 6.46. The van der Waals surface area contributed by atoms with Crippen molar-refractivity contribution in [2.75, 3.05) is 10.6 Å². The van der Waals surface area contributed by atoms with E-state index in [2.05, 4.69) is 10.5 Å². The molecule has 0 radical (unpaired) electrons. The first-order valence-corrected chi connectivity index (χ1v) is 11.3. The molecule has 0 aliphatic heterocycles. The van der Waals surface area contributed by atoms with Crippen molar-refractivity contribution in [2.45, 2.75) is 38.6 Å². The van der Waals surface area contributed by atoms with Crippen LogP contribution < -0.4 is 9.73 Å². The maximum Gasteiger partial charge on any atom is 0.271 e. The lowest BCUT2D eigenvalue weighted by atomic mass is 9.99. The van der Waals surface area contributed by atoms with Crippen molar-refractivity contribution in [3.8, 4) is 0 Å². The first-order valence-electron chi connectivity index (χ1n) is 9.41. The Balaban J connectivity index is 1.68. The number of nitrogens with one attached hydrogen (secondary N) is 1. The van der Waals surface area contributed by atoms with Crippen LogP contribution in [0.25, 0.3) is 0 Å². The topological polar surface area (TPSA) is 78.8 Å². The Morgan fingerprint density at radius 3 is 2.25 bits per heavy atom. The quantitative estimate of drug-likeness (QED) is 0.752. The lowest BCUT2D eigenvalue weighted by molar-refractivity contribution is 0.0954. The van der Waals surface area contributed by atoms with E-state index in [0.717, 1.165) is 37.0 Å². The molecule has 1 aliphatic carbocycles. The summed E-state index contributed by atoms with van der Waals surface area (Å²) in [6.45, 7) is 0.201. The van der Waals surface area contributed by atoms with Gasteiger partial charge >= 0.3 is 0 Å². The van der Waals surface area contributed by atoms with E-state index in [1.165, 1.54) is 17.0 Å². The second-order valence-electron chi connectivity index (χ2n) is 6.98. The zero-order valence-corrected chi connectivity index (χ0v) is 16.8. The maximum absolute atomic E-state index is 12.3. The van der Waals surface area contributed by atoms with Gasteiger partial charge in [-0.3, -0.25) is 9.10 Å². The third-order valence-corrected chi connectivity index (χ3v) is 5.87. The molecular formula is C21H25N3O3S. The molecule has 0 atom stereocenters. The minimum absolute atomic E-state index is 0.201. The van der Waals surface area contributed by atoms with Crippen LogP contribution in [-0.2, 0) is 16.6 Å². The largest absolute Gasteiger partial charge is 0.271 e. The molecule has 148 valence electrons. The molecule has 1 N–H and O–H groups in total. The lowest BCUT2D eigenvalue weighted by Crippen LogP contribution is -2.29. The van der Waals surface area contributed by atoms with Crippen LogP contribution in [0, 0.1) is 0 Å². The van der Waals surface area contributed by atoms with E-state index in [1.807, 2.05) is 6.07 Å².